The van der Waals surface area contributed by atoms with Crippen molar-refractivity contribution in [2.75, 3.05) is 18.4 Å². The van der Waals surface area contributed by atoms with Gasteiger partial charge in [0.25, 0.3) is 0 Å². The van der Waals surface area contributed by atoms with Crippen LogP contribution in [-0.4, -0.2) is 43.8 Å². The Morgan fingerprint density at radius 3 is 2.32 bits per heavy atom. The molecule has 0 aromatic heterocycles. The number of amides is 2. The van der Waals surface area contributed by atoms with Crippen LogP contribution in [-0.2, 0) is 19.6 Å². The van der Waals surface area contributed by atoms with Crippen LogP contribution in [0.2, 0.25) is 0 Å². The maximum atomic E-state index is 12.4. The highest BCUT2D eigenvalue weighted by atomic mass is 32.2. The lowest BCUT2D eigenvalue weighted by Crippen LogP contribution is -2.42. The van der Waals surface area contributed by atoms with Gasteiger partial charge in [0, 0.05) is 30.7 Å². The van der Waals surface area contributed by atoms with E-state index in [2.05, 4.69) is 10.0 Å². The normalized spacial score (nSPS) is 18.5. The number of carbonyl (C=O) groups excluding carboxylic acids is 2. The molecule has 0 unspecified atom stereocenters. The van der Waals surface area contributed by atoms with Gasteiger partial charge in [-0.15, -0.1) is 0 Å². The van der Waals surface area contributed by atoms with Crippen LogP contribution in [0.25, 0.3) is 0 Å². The predicted octanol–water partition coefficient (Wildman–Crippen LogP) is 1.57. The number of hydrogen-bond donors (Lipinski definition) is 2. The fourth-order valence-electron chi connectivity index (χ4n) is 2.77. The lowest BCUT2D eigenvalue weighted by Gasteiger charge is -2.31. The van der Waals surface area contributed by atoms with Crippen molar-refractivity contribution in [3.8, 4) is 0 Å². The number of anilines is 1. The Labute approximate surface area is 148 Å². The van der Waals surface area contributed by atoms with Crippen molar-refractivity contribution in [2.45, 2.75) is 44.6 Å². The van der Waals surface area contributed by atoms with E-state index in [4.69, 9.17) is 0 Å². The molecule has 2 amide bonds. The first kappa shape index (κ1) is 19.4. The second-order valence-corrected chi connectivity index (χ2v) is 8.86. The van der Waals surface area contributed by atoms with E-state index < -0.39 is 15.9 Å². The molecule has 1 aliphatic heterocycles. The number of hydrogen-bond acceptors (Lipinski definition) is 4. The van der Waals surface area contributed by atoms with E-state index in [1.54, 1.807) is 24.0 Å². The fourth-order valence-corrected chi connectivity index (χ4v) is 3.81. The summed E-state index contributed by atoms with van der Waals surface area (Å²) >= 11 is 0. The lowest BCUT2D eigenvalue weighted by atomic mass is 10.1. The molecule has 0 aliphatic carbocycles. The second-order valence-electron chi connectivity index (χ2n) is 7.09. The Bertz CT molecular complexity index is 751. The van der Waals surface area contributed by atoms with Crippen LogP contribution in [0, 0.1) is 5.92 Å². The summed E-state index contributed by atoms with van der Waals surface area (Å²) in [6.07, 6.45) is 0.190. The smallest absolute Gasteiger partial charge is 0.240 e. The number of sulfonamides is 1. The molecule has 1 fully saturated rings. The quantitative estimate of drug-likeness (QED) is 0.826. The van der Waals surface area contributed by atoms with Gasteiger partial charge in [-0.05, 0) is 45.0 Å². The molecule has 0 bridgehead atoms. The van der Waals surface area contributed by atoms with Crippen molar-refractivity contribution < 1.29 is 18.0 Å². The minimum Gasteiger partial charge on any atom is -0.337 e. The Balaban J connectivity index is 2.03. The number of nitrogens with one attached hydrogen (secondary N) is 2. The largest absolute Gasteiger partial charge is 0.337 e. The minimum absolute atomic E-state index is 0.0280. The maximum Gasteiger partial charge on any atom is 0.240 e. The fraction of sp³-hybridized carbons (Fsp3) is 0.529. The molecule has 138 valence electrons. The summed E-state index contributed by atoms with van der Waals surface area (Å²) in [5.41, 5.74) is 0.191. The predicted molar refractivity (Wildman–Crippen MR) is 95.5 cm³/mol. The van der Waals surface area contributed by atoms with Crippen molar-refractivity contribution >= 4 is 27.5 Å². The summed E-state index contributed by atoms with van der Waals surface area (Å²) in [6, 6.07) is 5.96. The monoisotopic (exact) mass is 367 g/mol. The molecule has 8 heteroatoms. The second kappa shape index (κ2) is 7.13. The summed E-state index contributed by atoms with van der Waals surface area (Å²) in [4.78, 5) is 26.3. The molecule has 2 N–H and O–H groups in total. The zero-order valence-corrected chi connectivity index (χ0v) is 15.8. The molecule has 0 saturated carbocycles. The minimum atomic E-state index is -3.52. The van der Waals surface area contributed by atoms with Crippen LogP contribution in [0.15, 0.2) is 29.2 Å². The number of benzene rings is 1. The van der Waals surface area contributed by atoms with Crippen LogP contribution < -0.4 is 10.0 Å². The van der Waals surface area contributed by atoms with E-state index in [9.17, 15) is 18.0 Å². The molecule has 25 heavy (non-hydrogen) atoms. The molecule has 2 rings (SSSR count). The van der Waals surface area contributed by atoms with Crippen LogP contribution in [0.4, 0.5) is 5.69 Å². The van der Waals surface area contributed by atoms with Gasteiger partial charge in [-0.2, -0.15) is 0 Å². The highest BCUT2D eigenvalue weighted by Crippen LogP contribution is 2.26. The maximum absolute atomic E-state index is 12.4. The van der Waals surface area contributed by atoms with Gasteiger partial charge in [0.15, 0.2) is 0 Å². The summed E-state index contributed by atoms with van der Waals surface area (Å²) in [6.45, 7) is 8.22. The van der Waals surface area contributed by atoms with Crippen molar-refractivity contribution in [1.82, 2.24) is 9.62 Å². The van der Waals surface area contributed by atoms with E-state index >= 15 is 0 Å². The van der Waals surface area contributed by atoms with Gasteiger partial charge in [-0.25, -0.2) is 13.1 Å². The van der Waals surface area contributed by atoms with Crippen molar-refractivity contribution in [3.63, 3.8) is 0 Å². The molecule has 1 heterocycles. The Morgan fingerprint density at radius 1 is 1.24 bits per heavy atom. The number of rotatable bonds is 5. The third-order valence-corrected chi connectivity index (χ3v) is 5.63. The Hall–Kier alpha value is -1.93. The van der Waals surface area contributed by atoms with Crippen LogP contribution in [0.1, 0.15) is 34.1 Å². The Morgan fingerprint density at radius 2 is 1.84 bits per heavy atom. The van der Waals surface area contributed by atoms with E-state index in [0.717, 1.165) is 0 Å². The van der Waals surface area contributed by atoms with E-state index in [1.807, 2.05) is 20.8 Å². The average Bonchev–Trinajstić information content (AvgIpc) is 2.90. The topological polar surface area (TPSA) is 95.6 Å². The van der Waals surface area contributed by atoms with Gasteiger partial charge in [-0.1, -0.05) is 6.92 Å². The van der Waals surface area contributed by atoms with Crippen molar-refractivity contribution in [3.05, 3.63) is 24.3 Å². The molecule has 0 radical (unpaired) electrons. The summed E-state index contributed by atoms with van der Waals surface area (Å²) in [7, 11) is -3.52. The van der Waals surface area contributed by atoms with Crippen molar-refractivity contribution in [2.24, 2.45) is 5.92 Å². The third-order valence-electron chi connectivity index (χ3n) is 4.07. The first-order valence-electron chi connectivity index (χ1n) is 8.25. The molecule has 1 aromatic carbocycles. The standard InChI is InChI=1S/C17H25N3O4S/c1-5-18-25(23,24)14-8-6-13(7-9-14)19-16(22)12-10-15(21)20(11-12)17(2,3)4/h6-9,12,18H,5,10-11H2,1-4H3,(H,19,22)/t12-/m1/s1. The van der Waals surface area contributed by atoms with Gasteiger partial charge < -0.3 is 10.2 Å². The molecular weight excluding hydrogens is 342 g/mol. The molecule has 1 saturated heterocycles. The zero-order valence-electron chi connectivity index (χ0n) is 15.0. The highest BCUT2D eigenvalue weighted by Gasteiger charge is 2.39. The lowest BCUT2D eigenvalue weighted by molar-refractivity contribution is -0.131. The van der Waals surface area contributed by atoms with E-state index in [-0.39, 0.29) is 28.7 Å². The van der Waals surface area contributed by atoms with Gasteiger partial charge in [0.05, 0.1) is 10.8 Å². The van der Waals surface area contributed by atoms with Crippen LogP contribution in [0.5, 0.6) is 0 Å². The van der Waals surface area contributed by atoms with Gasteiger partial charge >= 0.3 is 0 Å². The van der Waals surface area contributed by atoms with Gasteiger partial charge in [-0.3, -0.25) is 9.59 Å². The SMILES string of the molecule is CCNS(=O)(=O)c1ccc(NC(=O)[C@@H]2CC(=O)N(C(C)(C)C)C2)cc1. The summed E-state index contributed by atoms with van der Waals surface area (Å²) < 4.78 is 26.2. The third kappa shape index (κ3) is 4.58. The van der Waals surface area contributed by atoms with E-state index in [1.165, 1.54) is 12.1 Å². The highest BCUT2D eigenvalue weighted by molar-refractivity contribution is 7.89. The molecular formula is C17H25N3O4S. The van der Waals surface area contributed by atoms with Crippen LogP contribution >= 0.6 is 0 Å². The molecule has 1 aromatic rings. The zero-order chi connectivity index (χ0) is 18.8. The molecule has 1 atom stereocenters. The number of nitrogens with zero attached hydrogens (tertiary/aromatic N) is 1. The summed E-state index contributed by atoms with van der Waals surface area (Å²) in [5.74, 6) is -0.668. The molecule has 0 spiro atoms. The first-order valence-corrected chi connectivity index (χ1v) is 9.74. The Kier molecular flexibility index (Phi) is 5.53. The molecule has 7 nitrogen and oxygen atoms in total. The average molecular weight is 367 g/mol. The van der Waals surface area contributed by atoms with Crippen molar-refractivity contribution in [1.29, 1.82) is 0 Å². The van der Waals surface area contributed by atoms with Gasteiger partial charge in [0.2, 0.25) is 21.8 Å². The first-order chi connectivity index (χ1) is 11.5. The number of carbonyl (C=O) groups is 2. The molecule has 1 aliphatic rings. The van der Waals surface area contributed by atoms with Crippen LogP contribution in [0.3, 0.4) is 0 Å². The summed E-state index contributed by atoms with van der Waals surface area (Å²) in [5, 5.41) is 2.75. The van der Waals surface area contributed by atoms with E-state index in [0.29, 0.717) is 18.8 Å². The number of likely N-dealkylation sites (tertiary alicyclic amines) is 1. The van der Waals surface area contributed by atoms with Gasteiger partial charge in [0.1, 0.15) is 0 Å².